The zero-order chi connectivity index (χ0) is 42.2. The highest BCUT2D eigenvalue weighted by Crippen LogP contribution is 2.55. The molecule has 0 amide bonds. The van der Waals surface area contributed by atoms with E-state index in [1.54, 1.807) is 0 Å². The van der Waals surface area contributed by atoms with Crippen LogP contribution in [0.2, 0.25) is 0 Å². The van der Waals surface area contributed by atoms with Gasteiger partial charge in [0, 0.05) is 64.3 Å². The Hall–Kier alpha value is -6.09. The Bertz CT molecular complexity index is 2670. The van der Waals surface area contributed by atoms with Gasteiger partial charge in [-0.05, 0) is 99.1 Å². The summed E-state index contributed by atoms with van der Waals surface area (Å²) in [5.74, 6) is 1.08. The molecule has 0 saturated heterocycles. The van der Waals surface area contributed by atoms with Gasteiger partial charge in [0.05, 0.1) is 12.5 Å². The Kier molecular flexibility index (Phi) is 13.5. The number of Topliss-reactive ketones (excluding diaryl/α,β-unsaturated/α-hetero) is 1. The van der Waals surface area contributed by atoms with E-state index >= 15 is 4.79 Å². The number of unbranched alkanes of at least 4 members (excludes halogenated alkanes) is 9. The molecule has 7 heteroatoms. The standard InChI is InChI=1S/C53H59N6O/c1-5-8-11-18-25-58-45-32-43(55)48(41-30-37-23-16-14-21-35(37)28-39(41)45)51-50(46(34-54)57-4)52(53(51)60)49-42-31-38-24-17-15-22-36(38)29-40(42)47(33-44(49)56)59(26-19-12-9-6-2)27-20-13-10-7-3/h14-17,21-24,28-33,52,58H,5-13,18-20,25-27,55-56H2,1-3H3/q-1. The van der Waals surface area contributed by atoms with E-state index in [2.05, 4.69) is 102 Å². The van der Waals surface area contributed by atoms with Gasteiger partial charge in [0.2, 0.25) is 5.70 Å². The van der Waals surface area contributed by atoms with Crippen molar-refractivity contribution in [3.05, 3.63) is 124 Å². The van der Waals surface area contributed by atoms with Gasteiger partial charge < -0.3 is 27.1 Å². The number of hydrogen-bond donors (Lipinski definition) is 3. The lowest BCUT2D eigenvalue weighted by molar-refractivity contribution is -0.115. The zero-order valence-corrected chi connectivity index (χ0v) is 35.7. The second-order valence-electron chi connectivity index (χ2n) is 16.5. The van der Waals surface area contributed by atoms with Crippen molar-refractivity contribution < 1.29 is 4.79 Å². The number of nitrogens with zero attached hydrogens (tertiary/aromatic N) is 3. The maximum Gasteiger partial charge on any atom is 0.210 e. The zero-order valence-electron chi connectivity index (χ0n) is 35.7. The second kappa shape index (κ2) is 19.3. The molecule has 0 heterocycles. The number of rotatable bonds is 20. The average Bonchev–Trinajstić information content (AvgIpc) is 3.26. The topological polar surface area (TPSA) is 111 Å². The summed E-state index contributed by atoms with van der Waals surface area (Å²) in [5.41, 5.74) is 18.9. The number of carbonyl (C=O) groups excluding carboxylic acids is 1. The minimum absolute atomic E-state index is 0.119. The fraction of sp³-hybridized carbons (Fsp3) is 0.358. The molecule has 0 fully saturated rings. The first kappa shape index (κ1) is 42.0. The summed E-state index contributed by atoms with van der Waals surface area (Å²) in [6.07, 6.45) is 13.7. The molecule has 1 atom stereocenters. The predicted octanol–water partition coefficient (Wildman–Crippen LogP) is 13.6. The Morgan fingerprint density at radius 3 is 1.78 bits per heavy atom. The molecule has 0 aliphatic heterocycles. The smallest absolute Gasteiger partial charge is 0.210 e. The van der Waals surface area contributed by atoms with Gasteiger partial charge in [-0.2, -0.15) is 0 Å². The van der Waals surface area contributed by atoms with Crippen molar-refractivity contribution in [3.8, 4) is 0 Å². The van der Waals surface area contributed by atoms with Gasteiger partial charge in [0.15, 0.2) is 5.78 Å². The van der Waals surface area contributed by atoms with Gasteiger partial charge in [0.1, 0.15) is 0 Å². The molecule has 1 aliphatic carbocycles. The van der Waals surface area contributed by atoms with Crippen molar-refractivity contribution in [2.45, 2.75) is 104 Å². The van der Waals surface area contributed by atoms with Crippen LogP contribution < -0.4 is 21.7 Å². The SMILES string of the molecule is [C-]#[N+]C(=C=[N-])C1=C(c2c(N)cc(NCCCCCC)c3cc4ccccc4cc23)C(=O)C1c1c(N)cc(N(CCCCCC)CCCCCC)c2cc3ccccc3cc12. The highest BCUT2D eigenvalue weighted by Gasteiger charge is 2.45. The highest BCUT2D eigenvalue weighted by atomic mass is 16.1. The van der Waals surface area contributed by atoms with Crippen molar-refractivity contribution in [1.29, 1.82) is 0 Å². The molecule has 1 unspecified atom stereocenters. The van der Waals surface area contributed by atoms with Gasteiger partial charge in [-0.25, -0.2) is 4.85 Å². The van der Waals surface area contributed by atoms with Gasteiger partial charge in [0.25, 0.3) is 0 Å². The molecule has 308 valence electrons. The van der Waals surface area contributed by atoms with Crippen molar-refractivity contribution >= 4 is 83.1 Å². The number of nitrogens with two attached hydrogens (primary N) is 2. The van der Waals surface area contributed by atoms with E-state index in [4.69, 9.17) is 18.0 Å². The first-order chi connectivity index (χ1) is 29.3. The fourth-order valence-corrected chi connectivity index (χ4v) is 9.27. The first-order valence-corrected chi connectivity index (χ1v) is 22.3. The number of nitrogens with one attached hydrogen (secondary N) is 1. The third-order valence-corrected chi connectivity index (χ3v) is 12.4. The first-order valence-electron chi connectivity index (χ1n) is 22.3. The number of ketones is 1. The molecule has 6 aromatic rings. The Balaban J connectivity index is 1.44. The maximum absolute atomic E-state index is 15.2. The molecular weight excluding hydrogens is 737 g/mol. The summed E-state index contributed by atoms with van der Waals surface area (Å²) in [5, 5.41) is 22.1. The molecule has 7 nitrogen and oxygen atoms in total. The van der Waals surface area contributed by atoms with Crippen molar-refractivity contribution in [2.75, 3.05) is 41.3 Å². The monoisotopic (exact) mass is 795 g/mol. The lowest BCUT2D eigenvalue weighted by Crippen LogP contribution is -2.31. The average molecular weight is 796 g/mol. The van der Waals surface area contributed by atoms with Crippen LogP contribution in [0.25, 0.3) is 58.9 Å². The van der Waals surface area contributed by atoms with E-state index < -0.39 is 5.92 Å². The maximum atomic E-state index is 15.2. The van der Waals surface area contributed by atoms with E-state index in [0.29, 0.717) is 33.6 Å². The second-order valence-corrected chi connectivity index (χ2v) is 16.5. The van der Waals surface area contributed by atoms with Gasteiger partial charge in [-0.1, -0.05) is 127 Å². The van der Waals surface area contributed by atoms with Crippen LogP contribution in [0.15, 0.2) is 96.2 Å². The molecule has 5 N–H and O–H groups in total. The van der Waals surface area contributed by atoms with Crippen molar-refractivity contribution in [1.82, 2.24) is 0 Å². The molecule has 60 heavy (non-hydrogen) atoms. The number of fused-ring (bicyclic) bond motifs is 4. The highest BCUT2D eigenvalue weighted by molar-refractivity contribution is 6.38. The van der Waals surface area contributed by atoms with Crippen LogP contribution >= 0.6 is 0 Å². The molecular formula is C53H59N6O-. The van der Waals surface area contributed by atoms with Crippen LogP contribution in [-0.4, -0.2) is 31.3 Å². The van der Waals surface area contributed by atoms with Crippen LogP contribution in [-0.2, 0) is 4.79 Å². The summed E-state index contributed by atoms with van der Waals surface area (Å²) >= 11 is 0. The Labute approximate surface area is 355 Å². The molecule has 0 bridgehead atoms. The normalized spacial score (nSPS) is 13.8. The van der Waals surface area contributed by atoms with Gasteiger partial charge >= 0.3 is 0 Å². The fourth-order valence-electron chi connectivity index (χ4n) is 9.27. The minimum atomic E-state index is -0.907. The van der Waals surface area contributed by atoms with Gasteiger partial charge in [-0.3, -0.25) is 10.7 Å². The van der Waals surface area contributed by atoms with E-state index in [1.165, 1.54) is 32.1 Å². The van der Waals surface area contributed by atoms with Crippen LogP contribution in [0.5, 0.6) is 0 Å². The quantitative estimate of drug-likeness (QED) is 0.0234. The lowest BCUT2D eigenvalue weighted by Gasteiger charge is -2.36. The van der Waals surface area contributed by atoms with Crippen LogP contribution in [0, 0.1) is 6.57 Å². The van der Waals surface area contributed by atoms with E-state index in [1.807, 2.05) is 24.3 Å². The molecule has 7 rings (SSSR count). The largest absolute Gasteiger partial charge is 0.775 e. The Morgan fingerprint density at radius 1 is 0.700 bits per heavy atom. The number of hydrogen-bond acceptors (Lipinski definition) is 5. The van der Waals surface area contributed by atoms with E-state index in [-0.39, 0.29) is 11.5 Å². The van der Waals surface area contributed by atoms with Crippen LogP contribution in [0.4, 0.5) is 22.7 Å². The molecule has 6 aromatic carbocycles. The summed E-state index contributed by atoms with van der Waals surface area (Å²) in [6, 6.07) is 29.0. The summed E-state index contributed by atoms with van der Waals surface area (Å²) in [4.78, 5) is 21.4. The molecule has 0 aromatic heterocycles. The molecule has 0 spiro atoms. The van der Waals surface area contributed by atoms with Crippen molar-refractivity contribution in [3.63, 3.8) is 0 Å². The molecule has 0 radical (unpaired) electrons. The summed E-state index contributed by atoms with van der Waals surface area (Å²) in [7, 11) is 0. The molecule has 1 aliphatic rings. The number of anilines is 4. The third kappa shape index (κ3) is 8.35. The van der Waals surface area contributed by atoms with Crippen LogP contribution in [0.1, 0.15) is 115 Å². The van der Waals surface area contributed by atoms with Crippen LogP contribution in [0.3, 0.4) is 0 Å². The lowest BCUT2D eigenvalue weighted by atomic mass is 9.66. The van der Waals surface area contributed by atoms with Crippen molar-refractivity contribution in [2.24, 2.45) is 0 Å². The van der Waals surface area contributed by atoms with Gasteiger partial charge in [-0.15, -0.1) is 0 Å². The summed E-state index contributed by atoms with van der Waals surface area (Å²) in [6.45, 7) is 17.5. The number of benzene rings is 6. The third-order valence-electron chi connectivity index (χ3n) is 12.4. The summed E-state index contributed by atoms with van der Waals surface area (Å²) < 4.78 is 0. The minimum Gasteiger partial charge on any atom is -0.775 e. The van der Waals surface area contributed by atoms with E-state index in [9.17, 15) is 5.41 Å². The van der Waals surface area contributed by atoms with E-state index in [0.717, 1.165) is 119 Å². The Morgan fingerprint density at radius 2 is 1.23 bits per heavy atom. The number of carbonyl (C=O) groups is 1. The number of allylic oxidation sites excluding steroid dienone is 2. The molecule has 0 saturated carbocycles. The predicted molar refractivity (Wildman–Crippen MR) is 258 cm³/mol. The number of nitrogen functional groups attached to an aromatic ring is 2.